The number of oxazole rings is 1. The normalized spacial score (nSPS) is 10.8. The van der Waals surface area contributed by atoms with Crippen LogP contribution in [0.2, 0.25) is 0 Å². The lowest BCUT2D eigenvalue weighted by Crippen LogP contribution is -2.43. The van der Waals surface area contributed by atoms with Gasteiger partial charge in [0, 0.05) is 11.5 Å². The average molecular weight is 254 g/mol. The molecular formula is C10H12N3OS2+. The zero-order valence-corrected chi connectivity index (χ0v) is 10.2. The molecule has 0 unspecified atom stereocenters. The van der Waals surface area contributed by atoms with Crippen molar-refractivity contribution in [3.05, 3.63) is 24.3 Å². The summed E-state index contributed by atoms with van der Waals surface area (Å²) >= 11 is 3.00. The van der Waals surface area contributed by atoms with E-state index in [0.717, 1.165) is 22.6 Å². The van der Waals surface area contributed by atoms with Crippen molar-refractivity contribution in [1.29, 1.82) is 0 Å². The summed E-state index contributed by atoms with van der Waals surface area (Å²) in [5.74, 6) is 1.72. The van der Waals surface area contributed by atoms with Gasteiger partial charge in [0.15, 0.2) is 5.58 Å². The molecule has 6 heteroatoms. The van der Waals surface area contributed by atoms with E-state index in [2.05, 4.69) is 4.98 Å². The van der Waals surface area contributed by atoms with Crippen LogP contribution < -0.4 is 11.1 Å². The largest absolute Gasteiger partial charge is 0.431 e. The summed E-state index contributed by atoms with van der Waals surface area (Å²) in [7, 11) is 0. The number of nitrogens with two attached hydrogens (primary N) is 2. The van der Waals surface area contributed by atoms with Crippen LogP contribution in [0, 0.1) is 0 Å². The first-order valence-corrected chi connectivity index (χ1v) is 6.72. The van der Waals surface area contributed by atoms with Crippen molar-refractivity contribution >= 4 is 39.8 Å². The molecule has 0 radical (unpaired) electrons. The first-order valence-electron chi connectivity index (χ1n) is 4.75. The van der Waals surface area contributed by atoms with Crippen molar-refractivity contribution in [1.82, 2.24) is 4.98 Å². The molecule has 1 aromatic carbocycles. The molecule has 4 N–H and O–H groups in total. The Hall–Kier alpha value is -1.14. The Morgan fingerprint density at radius 3 is 2.94 bits per heavy atom. The van der Waals surface area contributed by atoms with Crippen molar-refractivity contribution in [3.63, 3.8) is 0 Å². The third-order valence-corrected chi connectivity index (χ3v) is 3.68. The lowest BCUT2D eigenvalue weighted by atomic mass is 10.3. The highest BCUT2D eigenvalue weighted by molar-refractivity contribution is 8.14. The van der Waals surface area contributed by atoms with Gasteiger partial charge in [0.05, 0.1) is 0 Å². The molecule has 4 nitrogen and oxygen atoms in total. The number of aromatic nitrogens is 1. The van der Waals surface area contributed by atoms with Crippen LogP contribution in [0.25, 0.3) is 11.1 Å². The molecule has 0 amide bonds. The van der Waals surface area contributed by atoms with Crippen molar-refractivity contribution in [2.24, 2.45) is 5.73 Å². The van der Waals surface area contributed by atoms with Crippen molar-refractivity contribution in [2.75, 3.05) is 11.5 Å². The van der Waals surface area contributed by atoms with E-state index < -0.39 is 0 Å². The molecule has 0 aliphatic rings. The Bertz CT molecular complexity index is 465. The molecule has 0 fully saturated rings. The molecule has 84 valence electrons. The van der Waals surface area contributed by atoms with Gasteiger partial charge in [-0.15, -0.1) is 0 Å². The Kier molecular flexibility index (Phi) is 3.74. The zero-order valence-electron chi connectivity index (χ0n) is 8.55. The lowest BCUT2D eigenvalue weighted by molar-refractivity contribution is -0.110. The van der Waals surface area contributed by atoms with E-state index >= 15 is 0 Å². The molecule has 0 bridgehead atoms. The van der Waals surface area contributed by atoms with E-state index in [4.69, 9.17) is 15.6 Å². The monoisotopic (exact) mass is 254 g/mol. The van der Waals surface area contributed by atoms with Gasteiger partial charge >= 0.3 is 0 Å². The van der Waals surface area contributed by atoms with Crippen LogP contribution in [0.15, 0.2) is 33.9 Å². The van der Waals surface area contributed by atoms with Crippen LogP contribution in [0.3, 0.4) is 0 Å². The number of amidine groups is 1. The molecule has 0 aliphatic heterocycles. The number of rotatable bonds is 4. The average Bonchev–Trinajstić information content (AvgIpc) is 2.66. The van der Waals surface area contributed by atoms with E-state index in [1.165, 1.54) is 11.8 Å². The SMILES string of the molecule is NC(=[NH2+])SCCSc1nc2ccccc2o1. The maximum Gasteiger partial charge on any atom is 0.299 e. The van der Waals surface area contributed by atoms with Gasteiger partial charge in [-0.1, -0.05) is 23.9 Å². The predicted molar refractivity (Wildman–Crippen MR) is 68.3 cm³/mol. The Labute approximate surface area is 101 Å². The minimum absolute atomic E-state index is 0.401. The fraction of sp³-hybridized carbons (Fsp3) is 0.200. The number of nitrogens with zero attached hydrogens (tertiary/aromatic N) is 1. The standard InChI is InChI=1S/C10H11N3OS2/c11-9(12)15-5-6-16-10-13-7-3-1-2-4-8(7)14-10/h1-4H,5-6H2,(H3,11,12)/p+1. The zero-order chi connectivity index (χ0) is 11.4. The van der Waals surface area contributed by atoms with Crippen molar-refractivity contribution < 1.29 is 9.83 Å². The maximum atomic E-state index is 5.55. The van der Waals surface area contributed by atoms with Crippen LogP contribution in [0.1, 0.15) is 0 Å². The molecule has 1 aromatic heterocycles. The fourth-order valence-corrected chi connectivity index (χ4v) is 2.59. The fourth-order valence-electron chi connectivity index (χ4n) is 1.20. The molecule has 0 aliphatic carbocycles. The predicted octanol–water partition coefficient (Wildman–Crippen LogP) is 0.727. The van der Waals surface area contributed by atoms with Gasteiger partial charge in [-0.25, -0.2) is 4.98 Å². The van der Waals surface area contributed by atoms with E-state index in [-0.39, 0.29) is 0 Å². The summed E-state index contributed by atoms with van der Waals surface area (Å²) in [6, 6.07) is 7.72. The molecule has 0 atom stereocenters. The van der Waals surface area contributed by atoms with Crippen LogP contribution >= 0.6 is 23.5 Å². The Balaban J connectivity index is 1.92. The van der Waals surface area contributed by atoms with Gasteiger partial charge in [0.1, 0.15) is 5.52 Å². The van der Waals surface area contributed by atoms with Gasteiger partial charge in [0.2, 0.25) is 0 Å². The first-order chi connectivity index (χ1) is 7.75. The summed E-state index contributed by atoms with van der Waals surface area (Å²) in [5.41, 5.74) is 7.06. The number of hydrogen-bond donors (Lipinski definition) is 2. The maximum absolute atomic E-state index is 5.55. The van der Waals surface area contributed by atoms with Crippen molar-refractivity contribution in [3.8, 4) is 0 Å². The van der Waals surface area contributed by atoms with Crippen LogP contribution in [0.5, 0.6) is 0 Å². The van der Waals surface area contributed by atoms with E-state index in [9.17, 15) is 0 Å². The first kappa shape index (κ1) is 11.3. The van der Waals surface area contributed by atoms with Gasteiger partial charge in [0.25, 0.3) is 10.4 Å². The molecule has 16 heavy (non-hydrogen) atoms. The highest BCUT2D eigenvalue weighted by Gasteiger charge is 2.05. The summed E-state index contributed by atoms with van der Waals surface area (Å²) < 4.78 is 5.55. The van der Waals surface area contributed by atoms with Gasteiger partial charge < -0.3 is 4.42 Å². The second-order valence-electron chi connectivity index (χ2n) is 3.05. The van der Waals surface area contributed by atoms with Crippen molar-refractivity contribution in [2.45, 2.75) is 5.22 Å². The number of para-hydroxylation sites is 2. The summed E-state index contributed by atoms with van der Waals surface area (Å²) in [6.07, 6.45) is 0. The van der Waals surface area contributed by atoms with Crippen LogP contribution in [0.4, 0.5) is 0 Å². The molecule has 0 saturated heterocycles. The highest BCUT2D eigenvalue weighted by Crippen LogP contribution is 2.23. The van der Waals surface area contributed by atoms with Crippen LogP contribution in [-0.4, -0.2) is 21.7 Å². The van der Waals surface area contributed by atoms with E-state index in [0.29, 0.717) is 10.4 Å². The molecule has 0 saturated carbocycles. The molecular weight excluding hydrogens is 242 g/mol. The third kappa shape index (κ3) is 2.93. The van der Waals surface area contributed by atoms with E-state index in [1.807, 2.05) is 24.3 Å². The van der Waals surface area contributed by atoms with Gasteiger partial charge in [-0.2, -0.15) is 0 Å². The molecule has 1 heterocycles. The number of benzene rings is 1. The second-order valence-corrected chi connectivity index (χ2v) is 5.26. The molecule has 2 rings (SSSR count). The number of hydrogen-bond acceptors (Lipinski definition) is 4. The van der Waals surface area contributed by atoms with E-state index in [1.54, 1.807) is 11.8 Å². The summed E-state index contributed by atoms with van der Waals surface area (Å²) in [6.45, 7) is 0. The number of thioether (sulfide) groups is 2. The Morgan fingerprint density at radius 2 is 2.19 bits per heavy atom. The number of fused-ring (bicyclic) bond motifs is 1. The highest BCUT2D eigenvalue weighted by atomic mass is 32.2. The molecule has 2 aromatic rings. The second kappa shape index (κ2) is 5.27. The Morgan fingerprint density at radius 1 is 1.38 bits per heavy atom. The quantitative estimate of drug-likeness (QED) is 0.364. The van der Waals surface area contributed by atoms with Gasteiger partial charge in [-0.05, 0) is 23.9 Å². The summed E-state index contributed by atoms with van der Waals surface area (Å²) in [5, 5.41) is 6.44. The minimum atomic E-state index is 0.401. The van der Waals surface area contributed by atoms with Gasteiger partial charge in [-0.3, -0.25) is 11.1 Å². The lowest BCUT2D eigenvalue weighted by Gasteiger charge is -1.93. The topological polar surface area (TPSA) is 77.6 Å². The third-order valence-electron chi connectivity index (χ3n) is 1.85. The smallest absolute Gasteiger partial charge is 0.299 e. The minimum Gasteiger partial charge on any atom is -0.431 e. The molecule has 0 spiro atoms. The summed E-state index contributed by atoms with van der Waals surface area (Å²) in [4.78, 5) is 4.35. The van der Waals surface area contributed by atoms with Crippen LogP contribution in [-0.2, 0) is 0 Å².